The van der Waals surface area contributed by atoms with Gasteiger partial charge in [-0.2, -0.15) is 0 Å². The lowest BCUT2D eigenvalue weighted by atomic mass is 10.0. The smallest absolute Gasteiger partial charge is 0.0492 e. The molecule has 1 N–H and O–H groups in total. The summed E-state index contributed by atoms with van der Waals surface area (Å²) in [4.78, 5) is 0. The van der Waals surface area contributed by atoms with Gasteiger partial charge in [-0.1, -0.05) is 35.8 Å². The van der Waals surface area contributed by atoms with E-state index in [1.807, 2.05) is 0 Å². The largest absolute Gasteiger partial charge is 0.346 e. The molecule has 110 valence electrons. The topological polar surface area (TPSA) is 17.0 Å². The molecule has 0 radical (unpaired) electrons. The van der Waals surface area contributed by atoms with Crippen molar-refractivity contribution in [2.75, 3.05) is 6.54 Å². The van der Waals surface area contributed by atoms with Gasteiger partial charge in [0.1, 0.15) is 0 Å². The molecule has 0 spiro atoms. The number of hydrogen-bond donors (Lipinski definition) is 1. The number of benzene rings is 1. The van der Waals surface area contributed by atoms with Crippen LogP contribution in [0.5, 0.6) is 0 Å². The first-order chi connectivity index (χ1) is 9.58. The van der Waals surface area contributed by atoms with Gasteiger partial charge in [-0.05, 0) is 43.9 Å². The summed E-state index contributed by atoms with van der Waals surface area (Å²) in [5, 5.41) is 4.92. The van der Waals surface area contributed by atoms with Crippen LogP contribution in [0.1, 0.15) is 33.6 Å². The monoisotopic (exact) mass is 336 g/mol. The summed E-state index contributed by atoms with van der Waals surface area (Å²) in [6, 6.07) is 9.16. The van der Waals surface area contributed by atoms with Crippen molar-refractivity contribution >= 4 is 26.8 Å². The van der Waals surface area contributed by atoms with Crippen LogP contribution in [0.15, 0.2) is 34.9 Å². The SMILES string of the molecule is CC(C)CCC(C)NCCn1ccc2c(Br)cccc21. The second kappa shape index (κ2) is 7.28. The molecule has 2 rings (SSSR count). The van der Waals surface area contributed by atoms with Crippen molar-refractivity contribution in [1.82, 2.24) is 9.88 Å². The number of hydrogen-bond acceptors (Lipinski definition) is 1. The Morgan fingerprint density at radius 2 is 1.95 bits per heavy atom. The van der Waals surface area contributed by atoms with Gasteiger partial charge >= 0.3 is 0 Å². The van der Waals surface area contributed by atoms with E-state index < -0.39 is 0 Å². The summed E-state index contributed by atoms with van der Waals surface area (Å²) in [6.45, 7) is 8.90. The van der Waals surface area contributed by atoms with Gasteiger partial charge in [0.2, 0.25) is 0 Å². The molecule has 2 aromatic rings. The lowest BCUT2D eigenvalue weighted by Crippen LogP contribution is -2.29. The van der Waals surface area contributed by atoms with E-state index >= 15 is 0 Å². The minimum atomic E-state index is 0.603. The molecule has 0 fully saturated rings. The van der Waals surface area contributed by atoms with E-state index in [4.69, 9.17) is 0 Å². The van der Waals surface area contributed by atoms with Crippen LogP contribution in [0.4, 0.5) is 0 Å². The van der Waals surface area contributed by atoms with Crippen molar-refractivity contribution in [3.63, 3.8) is 0 Å². The highest BCUT2D eigenvalue weighted by Crippen LogP contribution is 2.24. The molecule has 1 unspecified atom stereocenters. The maximum absolute atomic E-state index is 3.62. The van der Waals surface area contributed by atoms with E-state index in [0.717, 1.165) is 19.0 Å². The molecule has 0 amide bonds. The van der Waals surface area contributed by atoms with E-state index in [2.05, 4.69) is 77.0 Å². The average molecular weight is 337 g/mol. The molecule has 0 aliphatic heterocycles. The van der Waals surface area contributed by atoms with Crippen LogP contribution in [0.25, 0.3) is 10.9 Å². The second-order valence-corrected chi connectivity index (χ2v) is 6.86. The summed E-state index contributed by atoms with van der Waals surface area (Å²) in [7, 11) is 0. The van der Waals surface area contributed by atoms with Crippen molar-refractivity contribution in [3.8, 4) is 0 Å². The molecular weight excluding hydrogens is 312 g/mol. The lowest BCUT2D eigenvalue weighted by molar-refractivity contribution is 0.443. The molecule has 1 heterocycles. The van der Waals surface area contributed by atoms with Crippen LogP contribution in [0.3, 0.4) is 0 Å². The normalized spacial score (nSPS) is 13.2. The van der Waals surface area contributed by atoms with E-state index in [1.54, 1.807) is 0 Å². The molecule has 0 bridgehead atoms. The fourth-order valence-electron chi connectivity index (χ4n) is 2.50. The van der Waals surface area contributed by atoms with Crippen molar-refractivity contribution in [1.29, 1.82) is 0 Å². The van der Waals surface area contributed by atoms with Gasteiger partial charge in [0.15, 0.2) is 0 Å². The first kappa shape index (κ1) is 15.6. The molecule has 20 heavy (non-hydrogen) atoms. The van der Waals surface area contributed by atoms with E-state index in [0.29, 0.717) is 6.04 Å². The first-order valence-electron chi connectivity index (χ1n) is 7.54. The number of rotatable bonds is 7. The molecule has 3 heteroatoms. The van der Waals surface area contributed by atoms with Gasteiger partial charge in [0, 0.05) is 40.7 Å². The zero-order valence-corrected chi connectivity index (χ0v) is 14.3. The number of halogens is 1. The first-order valence-corrected chi connectivity index (χ1v) is 8.34. The van der Waals surface area contributed by atoms with Gasteiger partial charge < -0.3 is 9.88 Å². The maximum atomic E-state index is 3.62. The summed E-state index contributed by atoms with van der Waals surface area (Å²) >= 11 is 3.61. The third-order valence-corrected chi connectivity index (χ3v) is 4.47. The lowest BCUT2D eigenvalue weighted by Gasteiger charge is -2.15. The summed E-state index contributed by atoms with van der Waals surface area (Å²) in [5.74, 6) is 0.796. The van der Waals surface area contributed by atoms with Crippen molar-refractivity contribution in [2.24, 2.45) is 5.92 Å². The Morgan fingerprint density at radius 3 is 2.70 bits per heavy atom. The van der Waals surface area contributed by atoms with Gasteiger partial charge in [0.25, 0.3) is 0 Å². The van der Waals surface area contributed by atoms with Crippen LogP contribution >= 0.6 is 15.9 Å². The molecular formula is C17H25BrN2. The van der Waals surface area contributed by atoms with Crippen LogP contribution < -0.4 is 5.32 Å². The van der Waals surface area contributed by atoms with Crippen LogP contribution in [0, 0.1) is 5.92 Å². The molecule has 0 aliphatic carbocycles. The number of aromatic nitrogens is 1. The maximum Gasteiger partial charge on any atom is 0.0492 e. The van der Waals surface area contributed by atoms with Crippen molar-refractivity contribution in [3.05, 3.63) is 34.9 Å². The van der Waals surface area contributed by atoms with Crippen LogP contribution in [0.2, 0.25) is 0 Å². The highest BCUT2D eigenvalue weighted by atomic mass is 79.9. The summed E-state index contributed by atoms with van der Waals surface area (Å²) in [5.41, 5.74) is 1.30. The minimum Gasteiger partial charge on any atom is -0.346 e. The van der Waals surface area contributed by atoms with E-state index in [9.17, 15) is 0 Å². The Labute approximate surface area is 130 Å². The molecule has 1 aromatic heterocycles. The quantitative estimate of drug-likeness (QED) is 0.767. The summed E-state index contributed by atoms with van der Waals surface area (Å²) in [6.07, 6.45) is 4.74. The predicted molar refractivity (Wildman–Crippen MR) is 91.2 cm³/mol. The highest BCUT2D eigenvalue weighted by Gasteiger charge is 2.05. The fourth-order valence-corrected chi connectivity index (χ4v) is 2.99. The number of nitrogens with zero attached hydrogens (tertiary/aromatic N) is 1. The standard InChI is InChI=1S/C17H25BrN2/c1-13(2)7-8-14(3)19-10-12-20-11-9-15-16(18)5-4-6-17(15)20/h4-6,9,11,13-14,19H,7-8,10,12H2,1-3H3. The third-order valence-electron chi connectivity index (χ3n) is 3.78. The fraction of sp³-hybridized carbons (Fsp3) is 0.529. The Kier molecular flexibility index (Phi) is 5.67. The molecule has 1 aromatic carbocycles. The zero-order chi connectivity index (χ0) is 14.5. The predicted octanol–water partition coefficient (Wildman–Crippen LogP) is 4.82. The summed E-state index contributed by atoms with van der Waals surface area (Å²) < 4.78 is 3.49. The zero-order valence-electron chi connectivity index (χ0n) is 12.7. The molecule has 0 saturated carbocycles. The van der Waals surface area contributed by atoms with E-state index in [1.165, 1.54) is 28.2 Å². The molecule has 0 saturated heterocycles. The van der Waals surface area contributed by atoms with E-state index in [-0.39, 0.29) is 0 Å². The van der Waals surface area contributed by atoms with Crippen LogP contribution in [-0.4, -0.2) is 17.2 Å². The van der Waals surface area contributed by atoms with Crippen LogP contribution in [-0.2, 0) is 6.54 Å². The van der Waals surface area contributed by atoms with Crippen molar-refractivity contribution < 1.29 is 0 Å². The molecule has 2 nitrogen and oxygen atoms in total. The highest BCUT2D eigenvalue weighted by molar-refractivity contribution is 9.10. The van der Waals surface area contributed by atoms with Gasteiger partial charge in [0.05, 0.1) is 0 Å². The Hall–Kier alpha value is -0.800. The van der Waals surface area contributed by atoms with Gasteiger partial charge in [-0.3, -0.25) is 0 Å². The van der Waals surface area contributed by atoms with Gasteiger partial charge in [-0.25, -0.2) is 0 Å². The Bertz CT molecular complexity index is 545. The number of nitrogens with one attached hydrogen (secondary N) is 1. The van der Waals surface area contributed by atoms with Gasteiger partial charge in [-0.15, -0.1) is 0 Å². The Balaban J connectivity index is 1.86. The van der Waals surface area contributed by atoms with Crippen molar-refractivity contribution in [2.45, 2.75) is 46.2 Å². The third kappa shape index (κ3) is 4.10. The molecule has 0 aliphatic rings. The average Bonchev–Trinajstić information content (AvgIpc) is 2.81. The second-order valence-electron chi connectivity index (χ2n) is 6.01. The number of fused-ring (bicyclic) bond motifs is 1. The minimum absolute atomic E-state index is 0.603. The Morgan fingerprint density at radius 1 is 1.15 bits per heavy atom. The molecule has 1 atom stereocenters.